The van der Waals surface area contributed by atoms with E-state index in [4.69, 9.17) is 0 Å². The van der Waals surface area contributed by atoms with Gasteiger partial charge in [0.15, 0.2) is 5.65 Å². The molecule has 0 saturated heterocycles. The maximum atomic E-state index is 4.08. The quantitative estimate of drug-likeness (QED) is 0.633. The van der Waals surface area contributed by atoms with Gasteiger partial charge < -0.3 is 0 Å². The Bertz CT molecular complexity index is 391. The van der Waals surface area contributed by atoms with Gasteiger partial charge in [-0.25, -0.2) is 0 Å². The molecule has 2 rings (SSSR count). The molecule has 0 amide bonds. The summed E-state index contributed by atoms with van der Waals surface area (Å²) >= 11 is 0. The summed E-state index contributed by atoms with van der Waals surface area (Å²) in [5, 5.41) is 7.73. The van der Waals surface area contributed by atoms with Crippen LogP contribution in [-0.4, -0.2) is 19.6 Å². The van der Waals surface area contributed by atoms with Crippen molar-refractivity contribution in [1.82, 2.24) is 19.6 Å². The first kappa shape index (κ1) is 7.21. The van der Waals surface area contributed by atoms with Gasteiger partial charge in [0.25, 0.3) is 0 Å². The van der Waals surface area contributed by atoms with Crippen molar-refractivity contribution in [2.45, 2.75) is 19.8 Å². The maximum Gasteiger partial charge on any atom is 0.179 e. The molecular formula is C8H10N4. The van der Waals surface area contributed by atoms with Gasteiger partial charge in [-0.05, 0) is 5.92 Å². The van der Waals surface area contributed by atoms with Crippen molar-refractivity contribution in [3.05, 3.63) is 24.4 Å². The Morgan fingerprint density at radius 2 is 2.17 bits per heavy atom. The summed E-state index contributed by atoms with van der Waals surface area (Å²) in [6.45, 7) is 4.24. The molecule has 0 bridgehead atoms. The number of hydrogen-bond acceptors (Lipinski definition) is 3. The molecule has 0 spiro atoms. The molecule has 2 aromatic heterocycles. The molecule has 0 unspecified atom stereocenters. The molecule has 12 heavy (non-hydrogen) atoms. The van der Waals surface area contributed by atoms with E-state index >= 15 is 0 Å². The van der Waals surface area contributed by atoms with Gasteiger partial charge in [0.05, 0.1) is 6.20 Å². The lowest BCUT2D eigenvalue weighted by atomic mass is 10.1. The van der Waals surface area contributed by atoms with Crippen molar-refractivity contribution < 1.29 is 0 Å². The lowest BCUT2D eigenvalue weighted by Crippen LogP contribution is -1.98. The first-order valence-electron chi connectivity index (χ1n) is 3.92. The number of aromatic nitrogens is 4. The van der Waals surface area contributed by atoms with Gasteiger partial charge in [0, 0.05) is 11.9 Å². The van der Waals surface area contributed by atoms with Crippen molar-refractivity contribution in [1.29, 1.82) is 0 Å². The largest absolute Gasteiger partial charge is 0.283 e. The molecule has 0 aromatic carbocycles. The first-order valence-corrected chi connectivity index (χ1v) is 3.92. The van der Waals surface area contributed by atoms with E-state index in [0.717, 1.165) is 11.3 Å². The Hall–Kier alpha value is -1.45. The van der Waals surface area contributed by atoms with E-state index in [1.807, 2.05) is 10.6 Å². The van der Waals surface area contributed by atoms with Crippen LogP contribution in [-0.2, 0) is 0 Å². The van der Waals surface area contributed by atoms with Crippen molar-refractivity contribution in [2.24, 2.45) is 0 Å². The predicted octanol–water partition coefficient (Wildman–Crippen LogP) is 1.25. The van der Waals surface area contributed by atoms with E-state index in [9.17, 15) is 0 Å². The van der Waals surface area contributed by atoms with E-state index in [1.54, 1.807) is 12.5 Å². The van der Waals surface area contributed by atoms with Crippen LogP contribution >= 0.6 is 0 Å². The van der Waals surface area contributed by atoms with Crippen LogP contribution in [0.25, 0.3) is 5.65 Å². The second-order valence-electron chi connectivity index (χ2n) is 3.05. The summed E-state index contributed by atoms with van der Waals surface area (Å²) in [4.78, 5) is 4.08. The van der Waals surface area contributed by atoms with Gasteiger partial charge in [-0.2, -0.15) is 0 Å². The van der Waals surface area contributed by atoms with E-state index < -0.39 is 0 Å². The summed E-state index contributed by atoms with van der Waals surface area (Å²) in [6.07, 6.45) is 5.27. The zero-order valence-corrected chi connectivity index (χ0v) is 7.10. The second kappa shape index (κ2) is 2.55. The molecule has 0 saturated carbocycles. The predicted molar refractivity (Wildman–Crippen MR) is 44.9 cm³/mol. The highest BCUT2D eigenvalue weighted by atomic mass is 15.2. The molecule has 2 aromatic rings. The standard InChI is InChI=1S/C8H10N4/c1-6(2)7-3-9-4-8-11-10-5-12(7)8/h3-6H,1-2H3. The smallest absolute Gasteiger partial charge is 0.179 e. The molecule has 0 radical (unpaired) electrons. The molecule has 4 nitrogen and oxygen atoms in total. The summed E-state index contributed by atoms with van der Waals surface area (Å²) in [7, 11) is 0. The highest BCUT2D eigenvalue weighted by molar-refractivity contribution is 5.34. The van der Waals surface area contributed by atoms with Crippen LogP contribution in [0.4, 0.5) is 0 Å². The Kier molecular flexibility index (Phi) is 1.53. The van der Waals surface area contributed by atoms with E-state index in [0.29, 0.717) is 5.92 Å². The van der Waals surface area contributed by atoms with Gasteiger partial charge in [0.1, 0.15) is 6.33 Å². The van der Waals surface area contributed by atoms with Crippen LogP contribution in [0.2, 0.25) is 0 Å². The van der Waals surface area contributed by atoms with Crippen molar-refractivity contribution in [3.63, 3.8) is 0 Å². The van der Waals surface area contributed by atoms with Crippen LogP contribution < -0.4 is 0 Å². The third kappa shape index (κ3) is 0.958. The van der Waals surface area contributed by atoms with Gasteiger partial charge in [0.2, 0.25) is 0 Å². The lowest BCUT2D eigenvalue weighted by Gasteiger charge is -2.05. The molecule has 0 aliphatic heterocycles. The SMILES string of the molecule is CC(C)c1cncc2nncn12. The fourth-order valence-electron chi connectivity index (χ4n) is 1.20. The van der Waals surface area contributed by atoms with E-state index in [-0.39, 0.29) is 0 Å². The first-order chi connectivity index (χ1) is 5.79. The maximum absolute atomic E-state index is 4.08. The van der Waals surface area contributed by atoms with Crippen LogP contribution in [0, 0.1) is 0 Å². The lowest BCUT2D eigenvalue weighted by molar-refractivity contribution is 0.789. The Labute approximate surface area is 70.3 Å². The zero-order valence-electron chi connectivity index (χ0n) is 7.10. The normalized spacial score (nSPS) is 11.2. The fraction of sp³-hybridized carbons (Fsp3) is 0.375. The highest BCUT2D eigenvalue weighted by Gasteiger charge is 2.04. The topological polar surface area (TPSA) is 43.1 Å². The molecule has 62 valence electrons. The molecule has 0 aliphatic carbocycles. The van der Waals surface area contributed by atoms with Crippen LogP contribution in [0.1, 0.15) is 25.5 Å². The van der Waals surface area contributed by atoms with E-state index in [1.165, 1.54) is 0 Å². The average molecular weight is 162 g/mol. The molecule has 0 fully saturated rings. The summed E-state index contributed by atoms with van der Waals surface area (Å²) in [6, 6.07) is 0. The molecular weight excluding hydrogens is 152 g/mol. The Balaban J connectivity index is 2.73. The Morgan fingerprint density at radius 3 is 2.92 bits per heavy atom. The van der Waals surface area contributed by atoms with E-state index in [2.05, 4.69) is 29.0 Å². The van der Waals surface area contributed by atoms with Gasteiger partial charge in [-0.3, -0.25) is 9.38 Å². The molecule has 4 heteroatoms. The highest BCUT2D eigenvalue weighted by Crippen LogP contribution is 2.12. The van der Waals surface area contributed by atoms with Crippen molar-refractivity contribution >= 4 is 5.65 Å². The molecule has 2 heterocycles. The van der Waals surface area contributed by atoms with Crippen LogP contribution in [0.5, 0.6) is 0 Å². The van der Waals surface area contributed by atoms with Crippen molar-refractivity contribution in [3.8, 4) is 0 Å². The fourth-order valence-corrected chi connectivity index (χ4v) is 1.20. The van der Waals surface area contributed by atoms with Gasteiger partial charge in [-0.15, -0.1) is 10.2 Å². The number of rotatable bonds is 1. The number of hydrogen-bond donors (Lipinski definition) is 0. The van der Waals surface area contributed by atoms with Crippen molar-refractivity contribution in [2.75, 3.05) is 0 Å². The third-order valence-electron chi connectivity index (χ3n) is 1.84. The minimum absolute atomic E-state index is 0.442. The minimum atomic E-state index is 0.442. The number of nitrogens with zero attached hydrogens (tertiary/aromatic N) is 4. The molecule has 0 aliphatic rings. The Morgan fingerprint density at radius 1 is 1.33 bits per heavy atom. The average Bonchev–Trinajstić information content (AvgIpc) is 2.49. The molecule has 0 N–H and O–H groups in total. The second-order valence-corrected chi connectivity index (χ2v) is 3.05. The van der Waals surface area contributed by atoms with Gasteiger partial charge >= 0.3 is 0 Å². The minimum Gasteiger partial charge on any atom is -0.283 e. The monoisotopic (exact) mass is 162 g/mol. The zero-order chi connectivity index (χ0) is 8.55. The summed E-state index contributed by atoms with van der Waals surface area (Å²) in [5.41, 5.74) is 1.94. The van der Waals surface area contributed by atoms with Gasteiger partial charge in [-0.1, -0.05) is 13.8 Å². The molecule has 0 atom stereocenters. The van der Waals surface area contributed by atoms with Crippen LogP contribution in [0.3, 0.4) is 0 Å². The third-order valence-corrected chi connectivity index (χ3v) is 1.84. The number of fused-ring (bicyclic) bond motifs is 1. The summed E-state index contributed by atoms with van der Waals surface area (Å²) in [5.74, 6) is 0.442. The van der Waals surface area contributed by atoms with Crippen LogP contribution in [0.15, 0.2) is 18.7 Å². The summed E-state index contributed by atoms with van der Waals surface area (Å²) < 4.78 is 1.96.